The fraction of sp³-hybridized carbons (Fsp3) is 0.533. The van der Waals surface area contributed by atoms with Crippen molar-refractivity contribution in [2.75, 3.05) is 20.2 Å². The maximum Gasteiger partial charge on any atom is 0.337 e. The highest BCUT2D eigenvalue weighted by molar-refractivity contribution is 5.89. The van der Waals surface area contributed by atoms with Gasteiger partial charge in [0, 0.05) is 13.1 Å². The molecule has 1 aromatic rings. The summed E-state index contributed by atoms with van der Waals surface area (Å²) in [6.07, 6.45) is 0.796. The minimum absolute atomic E-state index is 0.233. The van der Waals surface area contributed by atoms with Crippen molar-refractivity contribution in [3.63, 3.8) is 0 Å². The normalized spacial score (nSPS) is 24.2. The van der Waals surface area contributed by atoms with E-state index in [9.17, 15) is 9.90 Å². The molecule has 0 bridgehead atoms. The van der Waals surface area contributed by atoms with Gasteiger partial charge in [-0.15, -0.1) is 0 Å². The standard InChI is InChI=1S/C15H21NO3/c1-11-7-8-16(10-14(11)17)9-12-3-5-13(6-4-12)15(18)19-2/h3-6,11,14,17H,7-10H2,1-2H3. The summed E-state index contributed by atoms with van der Waals surface area (Å²) in [4.78, 5) is 13.6. The van der Waals surface area contributed by atoms with Crippen molar-refractivity contribution in [2.24, 2.45) is 5.92 Å². The van der Waals surface area contributed by atoms with E-state index in [1.54, 1.807) is 12.1 Å². The minimum Gasteiger partial charge on any atom is -0.465 e. The summed E-state index contributed by atoms with van der Waals surface area (Å²) in [5.74, 6) is 0.0757. The number of rotatable bonds is 3. The molecular formula is C15H21NO3. The summed E-state index contributed by atoms with van der Waals surface area (Å²) in [5.41, 5.74) is 1.72. The zero-order valence-electron chi connectivity index (χ0n) is 11.5. The number of hydrogen-bond acceptors (Lipinski definition) is 4. The number of carbonyl (C=O) groups is 1. The molecule has 2 unspecified atom stereocenters. The van der Waals surface area contributed by atoms with Gasteiger partial charge in [-0.25, -0.2) is 4.79 Å². The molecule has 0 saturated carbocycles. The summed E-state index contributed by atoms with van der Waals surface area (Å²) in [5, 5.41) is 9.87. The molecule has 19 heavy (non-hydrogen) atoms. The highest BCUT2D eigenvalue weighted by Gasteiger charge is 2.23. The van der Waals surface area contributed by atoms with Crippen LogP contribution < -0.4 is 0 Å². The quantitative estimate of drug-likeness (QED) is 0.843. The lowest BCUT2D eigenvalue weighted by atomic mass is 9.96. The molecule has 2 atom stereocenters. The second kappa shape index (κ2) is 6.17. The van der Waals surface area contributed by atoms with Crippen LogP contribution in [0, 0.1) is 5.92 Å². The molecule has 1 fully saturated rings. The van der Waals surface area contributed by atoms with Gasteiger partial charge in [0.25, 0.3) is 0 Å². The van der Waals surface area contributed by atoms with Crippen LogP contribution >= 0.6 is 0 Å². The van der Waals surface area contributed by atoms with E-state index < -0.39 is 0 Å². The molecule has 4 heteroatoms. The number of esters is 1. The highest BCUT2D eigenvalue weighted by atomic mass is 16.5. The first-order valence-electron chi connectivity index (χ1n) is 6.68. The van der Waals surface area contributed by atoms with Crippen LogP contribution in [0.15, 0.2) is 24.3 Å². The molecule has 4 nitrogen and oxygen atoms in total. The third-order valence-electron chi connectivity index (χ3n) is 3.78. The van der Waals surface area contributed by atoms with E-state index in [1.807, 2.05) is 12.1 Å². The Morgan fingerprint density at radius 1 is 1.42 bits per heavy atom. The van der Waals surface area contributed by atoms with Crippen molar-refractivity contribution in [3.8, 4) is 0 Å². The maximum absolute atomic E-state index is 11.3. The van der Waals surface area contributed by atoms with Gasteiger partial charge in [0.05, 0.1) is 18.8 Å². The molecule has 1 saturated heterocycles. The van der Waals surface area contributed by atoms with Gasteiger partial charge < -0.3 is 9.84 Å². The van der Waals surface area contributed by atoms with E-state index in [0.29, 0.717) is 11.5 Å². The van der Waals surface area contributed by atoms with Gasteiger partial charge in [0.1, 0.15) is 0 Å². The monoisotopic (exact) mass is 263 g/mol. The Balaban J connectivity index is 1.94. The number of nitrogens with zero attached hydrogens (tertiary/aromatic N) is 1. The van der Waals surface area contributed by atoms with Gasteiger partial charge in [0.15, 0.2) is 0 Å². The van der Waals surface area contributed by atoms with Crippen LogP contribution in [-0.2, 0) is 11.3 Å². The van der Waals surface area contributed by atoms with E-state index in [1.165, 1.54) is 7.11 Å². The lowest BCUT2D eigenvalue weighted by Gasteiger charge is -2.34. The van der Waals surface area contributed by atoms with E-state index in [-0.39, 0.29) is 12.1 Å². The predicted octanol–water partition coefficient (Wildman–Crippen LogP) is 1.68. The molecule has 1 aliphatic rings. The van der Waals surface area contributed by atoms with E-state index >= 15 is 0 Å². The van der Waals surface area contributed by atoms with Gasteiger partial charge in [-0.3, -0.25) is 4.90 Å². The molecule has 0 amide bonds. The largest absolute Gasteiger partial charge is 0.465 e. The van der Waals surface area contributed by atoms with E-state index in [0.717, 1.165) is 31.6 Å². The molecule has 2 rings (SSSR count). The zero-order chi connectivity index (χ0) is 13.8. The van der Waals surface area contributed by atoms with Gasteiger partial charge in [-0.05, 0) is 36.6 Å². The Kier molecular flexibility index (Phi) is 4.56. The number of benzene rings is 1. The number of ether oxygens (including phenoxy) is 1. The molecule has 0 aromatic heterocycles. The summed E-state index contributed by atoms with van der Waals surface area (Å²) >= 11 is 0. The van der Waals surface area contributed by atoms with E-state index in [2.05, 4.69) is 16.6 Å². The van der Waals surface area contributed by atoms with Crippen molar-refractivity contribution >= 4 is 5.97 Å². The molecule has 104 valence electrons. The number of β-amino-alcohol motifs (C(OH)–C–C–N with tert-alkyl or cyclic N) is 1. The molecule has 1 N–H and O–H groups in total. The second-order valence-corrected chi connectivity index (χ2v) is 5.26. The fourth-order valence-electron chi connectivity index (χ4n) is 2.38. The van der Waals surface area contributed by atoms with Crippen LogP contribution in [0.5, 0.6) is 0 Å². The van der Waals surface area contributed by atoms with Crippen LogP contribution in [0.1, 0.15) is 29.3 Å². The van der Waals surface area contributed by atoms with Crippen LogP contribution in [-0.4, -0.2) is 42.3 Å². The van der Waals surface area contributed by atoms with Crippen LogP contribution in [0.2, 0.25) is 0 Å². The average molecular weight is 263 g/mol. The van der Waals surface area contributed by atoms with Crippen molar-refractivity contribution in [1.29, 1.82) is 0 Å². The molecule has 0 spiro atoms. The second-order valence-electron chi connectivity index (χ2n) is 5.26. The first kappa shape index (κ1) is 14.0. The number of aliphatic hydroxyl groups is 1. The summed E-state index contributed by atoms with van der Waals surface area (Å²) in [6, 6.07) is 7.45. The lowest BCUT2D eigenvalue weighted by Crippen LogP contribution is -2.42. The molecule has 1 aliphatic heterocycles. The van der Waals surface area contributed by atoms with E-state index in [4.69, 9.17) is 0 Å². The first-order chi connectivity index (χ1) is 9.10. The smallest absolute Gasteiger partial charge is 0.337 e. The van der Waals surface area contributed by atoms with Gasteiger partial charge in [0.2, 0.25) is 0 Å². The average Bonchev–Trinajstić information content (AvgIpc) is 2.43. The van der Waals surface area contributed by atoms with Gasteiger partial charge >= 0.3 is 5.97 Å². The third kappa shape index (κ3) is 3.55. The number of hydrogen-bond donors (Lipinski definition) is 1. The number of piperidine rings is 1. The molecule has 0 radical (unpaired) electrons. The van der Waals surface area contributed by atoms with Crippen molar-refractivity contribution in [2.45, 2.75) is 26.0 Å². The molecular weight excluding hydrogens is 242 g/mol. The molecule has 1 heterocycles. The van der Waals surface area contributed by atoms with Crippen LogP contribution in [0.4, 0.5) is 0 Å². The SMILES string of the molecule is COC(=O)c1ccc(CN2CCC(C)C(O)C2)cc1. The van der Waals surface area contributed by atoms with Crippen molar-refractivity contribution in [1.82, 2.24) is 4.90 Å². The first-order valence-corrected chi connectivity index (χ1v) is 6.68. The highest BCUT2D eigenvalue weighted by Crippen LogP contribution is 2.19. The summed E-state index contributed by atoms with van der Waals surface area (Å²) < 4.78 is 4.67. The van der Waals surface area contributed by atoms with Crippen molar-refractivity contribution in [3.05, 3.63) is 35.4 Å². The molecule has 1 aromatic carbocycles. The Bertz CT molecular complexity index is 430. The number of methoxy groups -OCH3 is 1. The maximum atomic E-state index is 11.3. The Labute approximate surface area is 114 Å². The van der Waals surface area contributed by atoms with Crippen LogP contribution in [0.25, 0.3) is 0 Å². The number of aliphatic hydroxyl groups excluding tert-OH is 1. The number of likely N-dealkylation sites (tertiary alicyclic amines) is 1. The topological polar surface area (TPSA) is 49.8 Å². The lowest BCUT2D eigenvalue weighted by molar-refractivity contribution is 0.0259. The predicted molar refractivity (Wildman–Crippen MR) is 72.8 cm³/mol. The zero-order valence-corrected chi connectivity index (χ0v) is 11.5. The Hall–Kier alpha value is -1.39. The van der Waals surface area contributed by atoms with Crippen LogP contribution in [0.3, 0.4) is 0 Å². The summed E-state index contributed by atoms with van der Waals surface area (Å²) in [6.45, 7) is 4.63. The minimum atomic E-state index is -0.311. The third-order valence-corrected chi connectivity index (χ3v) is 3.78. The van der Waals surface area contributed by atoms with Gasteiger partial charge in [-0.1, -0.05) is 19.1 Å². The summed E-state index contributed by atoms with van der Waals surface area (Å²) in [7, 11) is 1.38. The van der Waals surface area contributed by atoms with Crippen molar-refractivity contribution < 1.29 is 14.6 Å². The Morgan fingerprint density at radius 3 is 2.68 bits per heavy atom. The van der Waals surface area contributed by atoms with Gasteiger partial charge in [-0.2, -0.15) is 0 Å². The molecule has 0 aliphatic carbocycles. The fourth-order valence-corrected chi connectivity index (χ4v) is 2.38. The number of carbonyl (C=O) groups excluding carboxylic acids is 1. The Morgan fingerprint density at radius 2 is 2.11 bits per heavy atom.